The van der Waals surface area contributed by atoms with Crippen LogP contribution in [-0.2, 0) is 14.3 Å². The molecule has 0 aromatic heterocycles. The molecule has 1 aliphatic carbocycles. The zero-order valence-corrected chi connectivity index (χ0v) is 20.4. The van der Waals surface area contributed by atoms with Gasteiger partial charge in [0.2, 0.25) is 17.7 Å². The van der Waals surface area contributed by atoms with Gasteiger partial charge in [0, 0.05) is 25.3 Å². The lowest BCUT2D eigenvalue weighted by atomic mass is 9.87. The van der Waals surface area contributed by atoms with E-state index in [0.29, 0.717) is 38.6 Å². The quantitative estimate of drug-likeness (QED) is 0.329. The molecule has 1 aliphatic heterocycles. The van der Waals surface area contributed by atoms with E-state index in [1.54, 1.807) is 6.92 Å². The molecule has 2 unspecified atom stereocenters. The molecular formula is C22H37F2N3O5S. The number of carbonyl (C=O) groups is 3. The fourth-order valence-electron chi connectivity index (χ4n) is 4.16. The molecule has 0 aromatic rings. The minimum Gasteiger partial charge on any atom is -0.449 e. The number of amides is 3. The Hall–Kier alpha value is -1.62. The lowest BCUT2D eigenvalue weighted by molar-refractivity contribution is -0.126. The Morgan fingerprint density at radius 1 is 1.30 bits per heavy atom. The number of hydrogen-bond donors (Lipinski definition) is 4. The number of nitrogens with one attached hydrogen (secondary N) is 3. The second-order valence-corrected chi connectivity index (χ2v) is 10.9. The van der Waals surface area contributed by atoms with E-state index in [1.165, 1.54) is 0 Å². The molecule has 0 radical (unpaired) electrons. The fourth-order valence-corrected chi connectivity index (χ4v) is 5.11. The SMILES string of the molecule is CC(C)C[C@H](SNC(=O)OCC1CCC(F)(F)CC1)C(=O)NC(C)(CO)CC1CCNC1=O. The van der Waals surface area contributed by atoms with E-state index >= 15 is 0 Å². The van der Waals surface area contributed by atoms with Crippen LogP contribution in [0.5, 0.6) is 0 Å². The molecule has 2 fully saturated rings. The number of ether oxygens (including phenoxy) is 1. The summed E-state index contributed by atoms with van der Waals surface area (Å²) in [6.45, 7) is 5.92. The molecule has 8 nitrogen and oxygen atoms in total. The summed E-state index contributed by atoms with van der Waals surface area (Å²) < 4.78 is 34.2. The third kappa shape index (κ3) is 9.27. The highest BCUT2D eigenvalue weighted by Crippen LogP contribution is 2.36. The summed E-state index contributed by atoms with van der Waals surface area (Å²) in [5, 5.41) is 14.9. The maximum atomic E-state index is 13.2. The third-order valence-electron chi connectivity index (χ3n) is 6.18. The second-order valence-electron chi connectivity index (χ2n) is 9.92. The Morgan fingerprint density at radius 3 is 2.52 bits per heavy atom. The van der Waals surface area contributed by atoms with Crippen molar-refractivity contribution in [3.8, 4) is 0 Å². The Labute approximate surface area is 198 Å². The standard InChI is InChI=1S/C22H37F2N3O5S/c1-14(2)10-17(19(30)26-21(3,13-28)11-16-6-9-25-18(16)29)33-27-20(31)32-12-15-4-7-22(23,24)8-5-15/h14-17,28H,4-13H2,1-3H3,(H,25,29)(H,26,30)(H,27,31)/t16?,17-,21?/m0/s1. The molecule has 0 aromatic carbocycles. The zero-order valence-electron chi connectivity index (χ0n) is 19.6. The maximum Gasteiger partial charge on any atom is 0.417 e. The van der Waals surface area contributed by atoms with Crippen molar-refractivity contribution >= 4 is 29.9 Å². The average Bonchev–Trinajstić information content (AvgIpc) is 3.13. The van der Waals surface area contributed by atoms with Gasteiger partial charge >= 0.3 is 6.09 Å². The first-order valence-corrected chi connectivity index (χ1v) is 12.5. The van der Waals surface area contributed by atoms with Crippen LogP contribution in [0.25, 0.3) is 0 Å². The van der Waals surface area contributed by atoms with Crippen LogP contribution in [0.2, 0.25) is 0 Å². The van der Waals surface area contributed by atoms with Crippen LogP contribution in [0.15, 0.2) is 0 Å². The Morgan fingerprint density at radius 2 is 1.97 bits per heavy atom. The molecule has 4 N–H and O–H groups in total. The normalized spacial score (nSPS) is 23.5. The topological polar surface area (TPSA) is 117 Å². The van der Waals surface area contributed by atoms with Gasteiger partial charge in [-0.1, -0.05) is 13.8 Å². The van der Waals surface area contributed by atoms with Crippen molar-refractivity contribution in [3.05, 3.63) is 0 Å². The highest BCUT2D eigenvalue weighted by molar-refractivity contribution is 7.99. The molecule has 33 heavy (non-hydrogen) atoms. The van der Waals surface area contributed by atoms with E-state index in [2.05, 4.69) is 15.4 Å². The van der Waals surface area contributed by atoms with Gasteiger partial charge in [-0.25, -0.2) is 13.6 Å². The van der Waals surface area contributed by atoms with Crippen LogP contribution in [0.3, 0.4) is 0 Å². The van der Waals surface area contributed by atoms with Crippen LogP contribution in [0.1, 0.15) is 65.7 Å². The summed E-state index contributed by atoms with van der Waals surface area (Å²) in [4.78, 5) is 37.0. The van der Waals surface area contributed by atoms with Gasteiger partial charge in [-0.05, 0) is 62.8 Å². The lowest BCUT2D eigenvalue weighted by Gasteiger charge is -2.32. The number of halogens is 2. The minimum atomic E-state index is -2.63. The number of aliphatic hydroxyl groups excluding tert-OH is 1. The fraction of sp³-hybridized carbons (Fsp3) is 0.864. The van der Waals surface area contributed by atoms with Gasteiger partial charge in [-0.3, -0.25) is 14.3 Å². The van der Waals surface area contributed by atoms with E-state index in [1.807, 2.05) is 13.8 Å². The van der Waals surface area contributed by atoms with Gasteiger partial charge in [0.05, 0.1) is 18.8 Å². The lowest BCUT2D eigenvalue weighted by Crippen LogP contribution is -2.53. The average molecular weight is 494 g/mol. The molecule has 3 amide bonds. The van der Waals surface area contributed by atoms with E-state index in [-0.39, 0.29) is 55.6 Å². The zero-order chi connectivity index (χ0) is 24.6. The van der Waals surface area contributed by atoms with E-state index in [4.69, 9.17) is 4.74 Å². The molecule has 0 spiro atoms. The van der Waals surface area contributed by atoms with E-state index in [9.17, 15) is 28.3 Å². The van der Waals surface area contributed by atoms with Gasteiger partial charge in [-0.15, -0.1) is 0 Å². The van der Waals surface area contributed by atoms with E-state index < -0.39 is 22.8 Å². The summed E-state index contributed by atoms with van der Waals surface area (Å²) in [7, 11) is 0. The van der Waals surface area contributed by atoms with Crippen molar-refractivity contribution in [1.29, 1.82) is 0 Å². The molecule has 1 heterocycles. The molecule has 190 valence electrons. The van der Waals surface area contributed by atoms with Gasteiger partial charge < -0.3 is 20.5 Å². The number of carbonyl (C=O) groups excluding carboxylic acids is 3. The third-order valence-corrected chi connectivity index (χ3v) is 7.16. The first-order chi connectivity index (χ1) is 15.4. The molecule has 0 bridgehead atoms. The predicted octanol–water partition coefficient (Wildman–Crippen LogP) is 2.99. The number of alkyl halides is 2. The van der Waals surface area contributed by atoms with Crippen molar-refractivity contribution < 1.29 is 33.0 Å². The monoisotopic (exact) mass is 493 g/mol. The van der Waals surface area contributed by atoms with Crippen molar-refractivity contribution in [2.75, 3.05) is 19.8 Å². The number of rotatable bonds is 11. The Kier molecular flexibility index (Phi) is 10.2. The summed E-state index contributed by atoms with van der Waals surface area (Å²) >= 11 is 0.929. The van der Waals surface area contributed by atoms with Crippen molar-refractivity contribution in [1.82, 2.24) is 15.4 Å². The molecule has 2 aliphatic rings. The maximum absolute atomic E-state index is 13.2. The van der Waals surface area contributed by atoms with Gasteiger partial charge in [0.25, 0.3) is 0 Å². The number of hydrogen-bond acceptors (Lipinski definition) is 6. The highest BCUT2D eigenvalue weighted by atomic mass is 32.2. The Bertz CT molecular complexity index is 687. The summed E-state index contributed by atoms with van der Waals surface area (Å²) in [5.74, 6) is -3.26. The molecule has 3 atom stereocenters. The minimum absolute atomic E-state index is 0.0650. The molecule has 1 saturated heterocycles. The first kappa shape index (κ1) is 27.6. The Balaban J connectivity index is 1.84. The van der Waals surface area contributed by atoms with Crippen molar-refractivity contribution in [2.45, 2.75) is 82.4 Å². The number of aliphatic hydroxyl groups is 1. The predicted molar refractivity (Wildman–Crippen MR) is 122 cm³/mol. The largest absolute Gasteiger partial charge is 0.449 e. The van der Waals surface area contributed by atoms with Gasteiger partial charge in [0.15, 0.2) is 0 Å². The summed E-state index contributed by atoms with van der Waals surface area (Å²) in [6.07, 6.45) is 0.956. The van der Waals surface area contributed by atoms with E-state index in [0.717, 1.165) is 11.9 Å². The molecule has 11 heteroatoms. The smallest absolute Gasteiger partial charge is 0.417 e. The van der Waals surface area contributed by atoms with Crippen LogP contribution in [0, 0.1) is 17.8 Å². The van der Waals surface area contributed by atoms with Crippen LogP contribution in [-0.4, -0.2) is 59.5 Å². The molecule has 2 rings (SSSR count). The van der Waals surface area contributed by atoms with Crippen LogP contribution in [0.4, 0.5) is 13.6 Å². The highest BCUT2D eigenvalue weighted by Gasteiger charge is 2.37. The summed E-state index contributed by atoms with van der Waals surface area (Å²) in [5.41, 5.74) is -0.969. The second kappa shape index (κ2) is 12.2. The summed E-state index contributed by atoms with van der Waals surface area (Å²) in [6, 6.07) is 0. The molecular weight excluding hydrogens is 456 g/mol. The van der Waals surface area contributed by atoms with Crippen molar-refractivity contribution in [2.24, 2.45) is 17.8 Å². The van der Waals surface area contributed by atoms with Crippen molar-refractivity contribution in [3.63, 3.8) is 0 Å². The van der Waals surface area contributed by atoms with Gasteiger partial charge in [0.1, 0.15) is 5.25 Å². The molecule has 1 saturated carbocycles. The van der Waals surface area contributed by atoms with Crippen LogP contribution >= 0.6 is 11.9 Å². The first-order valence-electron chi connectivity index (χ1n) is 11.6. The van der Waals surface area contributed by atoms with Gasteiger partial charge in [-0.2, -0.15) is 0 Å². The van der Waals surface area contributed by atoms with Crippen LogP contribution < -0.4 is 15.4 Å².